The zero-order chi connectivity index (χ0) is 13.3. The van der Waals surface area contributed by atoms with Crippen molar-refractivity contribution in [3.05, 3.63) is 23.8 Å². The summed E-state index contributed by atoms with van der Waals surface area (Å²) < 4.78 is 32.9. The van der Waals surface area contributed by atoms with Crippen LogP contribution in [0.25, 0.3) is 0 Å². The molecule has 0 spiro atoms. The average Bonchev–Trinajstić information content (AvgIpc) is 2.90. The third-order valence-corrected chi connectivity index (χ3v) is 5.20. The van der Waals surface area contributed by atoms with E-state index in [1.54, 1.807) is 12.1 Å². The maximum atomic E-state index is 12.5. The van der Waals surface area contributed by atoms with E-state index in [1.807, 2.05) is 6.07 Å². The first-order chi connectivity index (χ1) is 9.17. The van der Waals surface area contributed by atoms with Crippen LogP contribution in [0.3, 0.4) is 0 Å². The molecule has 0 radical (unpaired) electrons. The number of sulfonamides is 1. The van der Waals surface area contributed by atoms with E-state index < -0.39 is 10.0 Å². The molecule has 3 rings (SSSR count). The Kier molecular flexibility index (Phi) is 3.47. The molecule has 0 amide bonds. The third-order valence-electron chi connectivity index (χ3n) is 3.59. The van der Waals surface area contributed by atoms with Gasteiger partial charge in [0.05, 0.1) is 11.5 Å². The summed E-state index contributed by atoms with van der Waals surface area (Å²) in [7, 11) is -3.46. The number of fused-ring (bicyclic) bond motifs is 1. The third kappa shape index (κ3) is 2.61. The van der Waals surface area contributed by atoms with Gasteiger partial charge in [-0.2, -0.15) is 0 Å². The molecule has 2 aliphatic heterocycles. The molecule has 1 aromatic rings. The minimum atomic E-state index is -3.46. The maximum Gasteiger partial charge on any atom is 0.241 e. The summed E-state index contributed by atoms with van der Waals surface area (Å²) in [6, 6.07) is 5.31. The highest BCUT2D eigenvalue weighted by Crippen LogP contribution is 2.28. The summed E-state index contributed by atoms with van der Waals surface area (Å²) in [5.41, 5.74) is 1.84. The van der Waals surface area contributed by atoms with Gasteiger partial charge in [-0.1, -0.05) is 6.07 Å². The van der Waals surface area contributed by atoms with Gasteiger partial charge in [-0.3, -0.25) is 0 Å². The van der Waals surface area contributed by atoms with Gasteiger partial charge in [-0.15, -0.1) is 0 Å². The number of hydrogen-bond acceptors (Lipinski definition) is 4. The Balaban J connectivity index is 1.92. The maximum absolute atomic E-state index is 12.5. The Hall–Kier alpha value is -1.11. The van der Waals surface area contributed by atoms with E-state index in [2.05, 4.69) is 10.0 Å². The van der Waals surface area contributed by atoms with Gasteiger partial charge in [0.2, 0.25) is 10.0 Å². The standard InChI is InChI=1S/C13H18N2O3S/c16-19(17,15-10-6-8-18-9-10)13-5-1-4-12-11(13)3-2-7-14-12/h1,4-5,10,14-15H,2-3,6-9H2. The normalized spacial score (nSPS) is 22.8. The monoisotopic (exact) mass is 282 g/mol. The van der Waals surface area contributed by atoms with Gasteiger partial charge in [0.15, 0.2) is 0 Å². The van der Waals surface area contributed by atoms with E-state index in [1.165, 1.54) is 0 Å². The molecule has 6 heteroatoms. The lowest BCUT2D eigenvalue weighted by Crippen LogP contribution is -2.35. The van der Waals surface area contributed by atoms with Gasteiger partial charge in [0, 0.05) is 24.9 Å². The van der Waals surface area contributed by atoms with E-state index in [-0.39, 0.29) is 6.04 Å². The first kappa shape index (κ1) is 12.9. The number of rotatable bonds is 3. The van der Waals surface area contributed by atoms with E-state index in [0.717, 1.165) is 37.1 Å². The van der Waals surface area contributed by atoms with Gasteiger partial charge in [0.1, 0.15) is 0 Å². The van der Waals surface area contributed by atoms with Crippen LogP contribution in [0.4, 0.5) is 5.69 Å². The van der Waals surface area contributed by atoms with Crippen LogP contribution in [0.15, 0.2) is 23.1 Å². The molecule has 1 unspecified atom stereocenters. The lowest BCUT2D eigenvalue weighted by molar-refractivity contribution is 0.192. The number of nitrogens with one attached hydrogen (secondary N) is 2. The van der Waals surface area contributed by atoms with Crippen molar-refractivity contribution < 1.29 is 13.2 Å². The molecule has 5 nitrogen and oxygen atoms in total. The molecule has 1 aromatic carbocycles. The van der Waals surface area contributed by atoms with Crippen LogP contribution < -0.4 is 10.0 Å². The molecular formula is C13H18N2O3S. The van der Waals surface area contributed by atoms with Crippen LogP contribution in [-0.2, 0) is 21.2 Å². The molecule has 1 fully saturated rings. The van der Waals surface area contributed by atoms with Gasteiger partial charge < -0.3 is 10.1 Å². The fourth-order valence-electron chi connectivity index (χ4n) is 2.64. The number of benzene rings is 1. The minimum absolute atomic E-state index is 0.0996. The van der Waals surface area contributed by atoms with Crippen LogP contribution in [-0.4, -0.2) is 34.2 Å². The zero-order valence-corrected chi connectivity index (χ0v) is 11.5. The smallest absolute Gasteiger partial charge is 0.241 e. The summed E-state index contributed by atoms with van der Waals surface area (Å²) >= 11 is 0. The van der Waals surface area contributed by atoms with Crippen LogP contribution in [0, 0.1) is 0 Å². The van der Waals surface area contributed by atoms with Crippen molar-refractivity contribution >= 4 is 15.7 Å². The summed E-state index contributed by atoms with van der Waals surface area (Å²) in [4.78, 5) is 0.407. The molecule has 0 saturated carbocycles. The fourth-order valence-corrected chi connectivity index (χ4v) is 4.19. The predicted molar refractivity (Wildman–Crippen MR) is 72.8 cm³/mol. The number of anilines is 1. The molecule has 1 atom stereocenters. The number of ether oxygens (including phenoxy) is 1. The Morgan fingerprint density at radius 3 is 3.05 bits per heavy atom. The van der Waals surface area contributed by atoms with Crippen molar-refractivity contribution in [3.63, 3.8) is 0 Å². The second-order valence-corrected chi connectivity index (χ2v) is 6.68. The lowest BCUT2D eigenvalue weighted by atomic mass is 10.0. The van der Waals surface area contributed by atoms with Crippen molar-refractivity contribution in [1.82, 2.24) is 4.72 Å². The zero-order valence-electron chi connectivity index (χ0n) is 10.7. The van der Waals surface area contributed by atoms with Crippen LogP contribution >= 0.6 is 0 Å². The second-order valence-electron chi connectivity index (χ2n) is 4.99. The van der Waals surface area contributed by atoms with Gasteiger partial charge in [0.25, 0.3) is 0 Å². The van der Waals surface area contributed by atoms with Crippen molar-refractivity contribution in [2.45, 2.75) is 30.2 Å². The molecule has 1 saturated heterocycles. The molecular weight excluding hydrogens is 264 g/mol. The van der Waals surface area contributed by atoms with Crippen molar-refractivity contribution in [1.29, 1.82) is 0 Å². The van der Waals surface area contributed by atoms with Crippen molar-refractivity contribution in [2.75, 3.05) is 25.1 Å². The Morgan fingerprint density at radius 2 is 2.26 bits per heavy atom. The molecule has 2 N–H and O–H groups in total. The summed E-state index contributed by atoms with van der Waals surface area (Å²) in [5, 5.41) is 3.25. The predicted octanol–water partition coefficient (Wildman–Crippen LogP) is 1.11. The highest BCUT2D eigenvalue weighted by molar-refractivity contribution is 7.89. The van der Waals surface area contributed by atoms with E-state index in [0.29, 0.717) is 18.1 Å². The largest absolute Gasteiger partial charge is 0.385 e. The Morgan fingerprint density at radius 1 is 1.37 bits per heavy atom. The molecule has 0 aromatic heterocycles. The van der Waals surface area contributed by atoms with E-state index in [4.69, 9.17) is 4.74 Å². The molecule has 19 heavy (non-hydrogen) atoms. The molecule has 0 bridgehead atoms. The summed E-state index contributed by atoms with van der Waals surface area (Å²) in [5.74, 6) is 0. The average molecular weight is 282 g/mol. The van der Waals surface area contributed by atoms with Crippen LogP contribution in [0.2, 0.25) is 0 Å². The Labute approximate surface area is 113 Å². The number of hydrogen-bond donors (Lipinski definition) is 2. The van der Waals surface area contributed by atoms with Crippen molar-refractivity contribution in [3.8, 4) is 0 Å². The highest BCUT2D eigenvalue weighted by atomic mass is 32.2. The lowest BCUT2D eigenvalue weighted by Gasteiger charge is -2.21. The second kappa shape index (κ2) is 5.11. The topological polar surface area (TPSA) is 67.4 Å². The van der Waals surface area contributed by atoms with E-state index >= 15 is 0 Å². The molecule has 2 heterocycles. The quantitative estimate of drug-likeness (QED) is 0.871. The van der Waals surface area contributed by atoms with Gasteiger partial charge in [-0.25, -0.2) is 13.1 Å². The Bertz CT molecular complexity index is 565. The highest BCUT2D eigenvalue weighted by Gasteiger charge is 2.26. The molecule has 104 valence electrons. The molecule has 0 aliphatic carbocycles. The van der Waals surface area contributed by atoms with Gasteiger partial charge in [-0.05, 0) is 37.0 Å². The summed E-state index contributed by atoms with van der Waals surface area (Å²) in [6.07, 6.45) is 2.51. The van der Waals surface area contributed by atoms with E-state index in [9.17, 15) is 8.42 Å². The molecule has 2 aliphatic rings. The summed E-state index contributed by atoms with van der Waals surface area (Å²) in [6.45, 7) is 1.99. The fraction of sp³-hybridized carbons (Fsp3) is 0.538. The van der Waals surface area contributed by atoms with Crippen LogP contribution in [0.1, 0.15) is 18.4 Å². The SMILES string of the molecule is O=S(=O)(NC1CCOC1)c1cccc2c1CCCN2. The minimum Gasteiger partial charge on any atom is -0.385 e. The first-order valence-electron chi connectivity index (χ1n) is 6.63. The van der Waals surface area contributed by atoms with Crippen LogP contribution in [0.5, 0.6) is 0 Å². The van der Waals surface area contributed by atoms with Gasteiger partial charge >= 0.3 is 0 Å². The van der Waals surface area contributed by atoms with Crippen molar-refractivity contribution in [2.24, 2.45) is 0 Å². The first-order valence-corrected chi connectivity index (χ1v) is 8.11.